The van der Waals surface area contributed by atoms with Crippen LogP contribution in [-0.4, -0.2) is 41.6 Å². The van der Waals surface area contributed by atoms with Gasteiger partial charge in [-0.3, -0.25) is 4.79 Å². The van der Waals surface area contributed by atoms with Gasteiger partial charge < -0.3 is 25.1 Å². The Morgan fingerprint density at radius 2 is 2.07 bits per heavy atom. The number of carboxylic acid groups (broad SMARTS) is 1. The van der Waals surface area contributed by atoms with Gasteiger partial charge in [-0.05, 0) is 12.8 Å². The summed E-state index contributed by atoms with van der Waals surface area (Å²) >= 11 is 0. The number of aromatic nitrogens is 1. The predicted octanol–water partition coefficient (Wildman–Crippen LogP) is 2.11. The van der Waals surface area contributed by atoms with Gasteiger partial charge in [0.15, 0.2) is 11.6 Å². The number of nitrogens with two attached hydrogens (primary N) is 1. The van der Waals surface area contributed by atoms with Crippen LogP contribution in [0.2, 0.25) is 0 Å². The fourth-order valence-corrected chi connectivity index (χ4v) is 3.66. The lowest BCUT2D eigenvalue weighted by Gasteiger charge is -2.22. The third-order valence-corrected chi connectivity index (χ3v) is 5.12. The molecule has 0 bridgehead atoms. The Balaban J connectivity index is 2.01. The summed E-state index contributed by atoms with van der Waals surface area (Å²) in [4.78, 5) is 30.2. The Kier molecular flexibility index (Phi) is 4.20. The number of pyridine rings is 1. The van der Waals surface area contributed by atoms with Crippen molar-refractivity contribution >= 4 is 34.0 Å². The summed E-state index contributed by atoms with van der Waals surface area (Å²) in [6, 6.07) is -0.155. The van der Waals surface area contributed by atoms with Crippen LogP contribution in [0, 0.1) is 11.6 Å². The zero-order chi connectivity index (χ0) is 20.2. The molecule has 1 saturated carbocycles. The van der Waals surface area contributed by atoms with Gasteiger partial charge in [0.2, 0.25) is 5.43 Å². The first-order valence-corrected chi connectivity index (χ1v) is 8.77. The minimum absolute atomic E-state index is 0.155. The number of fused-ring (bicyclic) bond motifs is 1. The van der Waals surface area contributed by atoms with Gasteiger partial charge in [-0.25, -0.2) is 13.6 Å². The summed E-state index contributed by atoms with van der Waals surface area (Å²) in [5, 5.41) is 12.7. The van der Waals surface area contributed by atoms with Gasteiger partial charge in [0.1, 0.15) is 18.4 Å². The molecule has 2 aromatic rings. The van der Waals surface area contributed by atoms with E-state index in [4.69, 9.17) is 10.6 Å². The molecule has 1 aliphatic carbocycles. The van der Waals surface area contributed by atoms with Crippen LogP contribution in [0.15, 0.2) is 16.1 Å². The van der Waals surface area contributed by atoms with Crippen molar-refractivity contribution in [3.05, 3.63) is 33.6 Å². The number of hydrogen-bond acceptors (Lipinski definition) is 6. The van der Waals surface area contributed by atoms with Crippen LogP contribution >= 0.6 is 0 Å². The maximum Gasteiger partial charge on any atom is 0.341 e. The van der Waals surface area contributed by atoms with Gasteiger partial charge >= 0.3 is 5.97 Å². The van der Waals surface area contributed by atoms with Crippen molar-refractivity contribution in [1.29, 1.82) is 0 Å². The number of halogens is 2. The molecule has 2 heterocycles. The molecule has 1 aromatic carbocycles. The number of aromatic carboxylic acids is 1. The zero-order valence-electron chi connectivity index (χ0n) is 15.0. The highest BCUT2D eigenvalue weighted by Crippen LogP contribution is 2.42. The van der Waals surface area contributed by atoms with Crippen molar-refractivity contribution in [1.82, 2.24) is 4.57 Å². The lowest BCUT2D eigenvalue weighted by atomic mass is 10.1. The van der Waals surface area contributed by atoms with Crippen molar-refractivity contribution < 1.29 is 23.5 Å². The first-order chi connectivity index (χ1) is 13.3. The summed E-state index contributed by atoms with van der Waals surface area (Å²) < 4.78 is 32.0. The second-order valence-electron chi connectivity index (χ2n) is 6.94. The number of rotatable bonds is 4. The van der Waals surface area contributed by atoms with E-state index in [-0.39, 0.29) is 23.8 Å². The third kappa shape index (κ3) is 2.67. The van der Waals surface area contributed by atoms with Gasteiger partial charge in [-0.2, -0.15) is 0 Å². The first kappa shape index (κ1) is 18.2. The quantitative estimate of drug-likeness (QED) is 0.609. The molecule has 0 unspecified atom stereocenters. The summed E-state index contributed by atoms with van der Waals surface area (Å²) in [5.74, 6) is -3.47. The average Bonchev–Trinajstić information content (AvgIpc) is 3.39. The summed E-state index contributed by atoms with van der Waals surface area (Å²) in [6.45, 7) is 0.468. The van der Waals surface area contributed by atoms with Crippen LogP contribution in [0.5, 0.6) is 0 Å². The first-order valence-electron chi connectivity index (χ1n) is 8.77. The Labute approximate surface area is 157 Å². The van der Waals surface area contributed by atoms with Crippen molar-refractivity contribution in [2.24, 2.45) is 5.16 Å². The minimum Gasteiger partial charge on any atom is -0.477 e. The number of carboxylic acids is 1. The summed E-state index contributed by atoms with van der Waals surface area (Å²) in [5.41, 5.74) is 3.89. The van der Waals surface area contributed by atoms with E-state index in [1.54, 1.807) is 0 Å². The molecule has 1 aromatic heterocycles. The van der Waals surface area contributed by atoms with Crippen molar-refractivity contribution in [3.63, 3.8) is 0 Å². The van der Waals surface area contributed by atoms with Crippen molar-refractivity contribution in [2.75, 3.05) is 30.8 Å². The standard InChI is InChI=1S/C18H18F2N4O4/c1-28-22-8-4-5-23(6-8)16-12(19)14(21)11-15(13(16)20)24(9-2-3-9)7-10(17(11)25)18(26)27/h7,9H,2-6,21H2,1H3,(H,26,27). The second-order valence-corrected chi connectivity index (χ2v) is 6.94. The molecule has 0 radical (unpaired) electrons. The number of benzene rings is 1. The van der Waals surface area contributed by atoms with Gasteiger partial charge in [0.05, 0.1) is 28.8 Å². The molecule has 28 heavy (non-hydrogen) atoms. The number of oxime groups is 1. The maximum atomic E-state index is 15.5. The highest BCUT2D eigenvalue weighted by Gasteiger charge is 2.34. The minimum atomic E-state index is -1.47. The van der Waals surface area contributed by atoms with E-state index in [1.807, 2.05) is 0 Å². The molecule has 4 rings (SSSR count). The Bertz CT molecular complexity index is 1090. The van der Waals surface area contributed by atoms with E-state index in [0.717, 1.165) is 6.20 Å². The fourth-order valence-electron chi connectivity index (χ4n) is 3.66. The molecule has 1 aliphatic heterocycles. The zero-order valence-corrected chi connectivity index (χ0v) is 15.0. The summed E-state index contributed by atoms with van der Waals surface area (Å²) in [6.07, 6.45) is 3.00. The largest absolute Gasteiger partial charge is 0.477 e. The van der Waals surface area contributed by atoms with Crippen LogP contribution in [0.25, 0.3) is 10.9 Å². The molecular weight excluding hydrogens is 374 g/mol. The second kappa shape index (κ2) is 6.47. The Morgan fingerprint density at radius 3 is 2.68 bits per heavy atom. The van der Waals surface area contributed by atoms with E-state index in [1.165, 1.54) is 16.6 Å². The maximum absolute atomic E-state index is 15.5. The molecule has 1 saturated heterocycles. The molecule has 0 spiro atoms. The van der Waals surface area contributed by atoms with Gasteiger partial charge in [0.25, 0.3) is 0 Å². The number of nitrogens with zero attached hydrogens (tertiary/aromatic N) is 3. The summed E-state index contributed by atoms with van der Waals surface area (Å²) in [7, 11) is 1.39. The van der Waals surface area contributed by atoms with Crippen LogP contribution in [0.4, 0.5) is 20.2 Å². The van der Waals surface area contributed by atoms with E-state index in [9.17, 15) is 14.7 Å². The predicted molar refractivity (Wildman–Crippen MR) is 99.0 cm³/mol. The Hall–Kier alpha value is -3.17. The molecule has 2 aliphatic rings. The third-order valence-electron chi connectivity index (χ3n) is 5.12. The molecule has 0 amide bonds. The molecule has 2 fully saturated rings. The van der Waals surface area contributed by atoms with Crippen LogP contribution in [0.1, 0.15) is 35.7 Å². The van der Waals surface area contributed by atoms with Crippen LogP contribution < -0.4 is 16.1 Å². The smallest absolute Gasteiger partial charge is 0.341 e. The molecule has 3 N–H and O–H groups in total. The van der Waals surface area contributed by atoms with Crippen LogP contribution in [0.3, 0.4) is 0 Å². The SMILES string of the molecule is CON=C1CCN(c2c(F)c(N)c3c(=O)c(C(=O)O)cn(C4CC4)c3c2F)C1. The monoisotopic (exact) mass is 392 g/mol. The van der Waals surface area contributed by atoms with Gasteiger partial charge in [-0.1, -0.05) is 5.16 Å². The van der Waals surface area contributed by atoms with E-state index in [0.29, 0.717) is 31.5 Å². The number of hydrogen-bond donors (Lipinski definition) is 2. The van der Waals surface area contributed by atoms with Gasteiger partial charge in [-0.15, -0.1) is 0 Å². The Morgan fingerprint density at radius 1 is 1.36 bits per heavy atom. The lowest BCUT2D eigenvalue weighted by molar-refractivity contribution is 0.0695. The molecular formula is C18H18F2N4O4. The highest BCUT2D eigenvalue weighted by molar-refractivity contribution is 6.01. The fraction of sp³-hybridized carbons (Fsp3) is 0.389. The average molecular weight is 392 g/mol. The van der Waals surface area contributed by atoms with Crippen molar-refractivity contribution in [2.45, 2.75) is 25.3 Å². The van der Waals surface area contributed by atoms with Gasteiger partial charge in [0, 0.05) is 25.2 Å². The highest BCUT2D eigenvalue weighted by atomic mass is 19.1. The van der Waals surface area contributed by atoms with E-state index < -0.39 is 39.7 Å². The molecule has 148 valence electrons. The van der Waals surface area contributed by atoms with Crippen LogP contribution in [-0.2, 0) is 4.84 Å². The van der Waals surface area contributed by atoms with E-state index >= 15 is 8.78 Å². The number of anilines is 2. The normalized spacial score (nSPS) is 18.2. The topological polar surface area (TPSA) is 110 Å². The molecule has 0 atom stereocenters. The number of nitrogen functional groups attached to an aromatic ring is 1. The molecule has 10 heteroatoms. The van der Waals surface area contributed by atoms with Crippen molar-refractivity contribution in [3.8, 4) is 0 Å². The molecule has 8 nitrogen and oxygen atoms in total. The lowest BCUT2D eigenvalue weighted by Crippen LogP contribution is -2.26. The number of carbonyl (C=O) groups is 1. The van der Waals surface area contributed by atoms with E-state index in [2.05, 4.69) is 5.16 Å².